The van der Waals surface area contributed by atoms with Crippen LogP contribution in [-0.2, 0) is 15.8 Å². The normalized spacial score (nSPS) is 11.8. The summed E-state index contributed by atoms with van der Waals surface area (Å²) in [5, 5.41) is 0. The Bertz CT molecular complexity index is 440. The van der Waals surface area contributed by atoms with Gasteiger partial charge in [0.1, 0.15) is 5.75 Å². The molecule has 1 rings (SSSR count). The highest BCUT2D eigenvalue weighted by atomic mass is 32.2. The van der Waals surface area contributed by atoms with Crippen molar-refractivity contribution in [2.24, 2.45) is 0 Å². The molecule has 0 saturated carbocycles. The Labute approximate surface area is 96.7 Å². The van der Waals surface area contributed by atoms with Gasteiger partial charge in [-0.05, 0) is 27.0 Å². The van der Waals surface area contributed by atoms with Gasteiger partial charge in [0, 0.05) is 5.56 Å². The minimum atomic E-state index is -3.26. The Hall–Kier alpha value is -1.07. The van der Waals surface area contributed by atoms with Crippen molar-refractivity contribution >= 4 is 10.0 Å². The standard InChI is InChI=1S/C11H17NO3S/c1-9(2)15-11-7-5-4-6-10(11)8-16(13,14)12-3/h4-7,9,12H,8H2,1-3H3. The maximum Gasteiger partial charge on any atom is 0.215 e. The lowest BCUT2D eigenvalue weighted by Crippen LogP contribution is -2.21. The van der Waals surface area contributed by atoms with Gasteiger partial charge in [-0.2, -0.15) is 0 Å². The summed E-state index contributed by atoms with van der Waals surface area (Å²) in [6, 6.07) is 7.16. The van der Waals surface area contributed by atoms with Gasteiger partial charge in [-0.3, -0.25) is 0 Å². The zero-order valence-corrected chi connectivity index (χ0v) is 10.5. The van der Waals surface area contributed by atoms with E-state index in [1.165, 1.54) is 7.05 Å². The van der Waals surface area contributed by atoms with Crippen LogP contribution in [0.15, 0.2) is 24.3 Å². The molecule has 0 atom stereocenters. The summed E-state index contributed by atoms with van der Waals surface area (Å²) in [5.41, 5.74) is 0.672. The highest BCUT2D eigenvalue weighted by Gasteiger charge is 2.13. The van der Waals surface area contributed by atoms with E-state index >= 15 is 0 Å². The Morgan fingerprint density at radius 2 is 1.94 bits per heavy atom. The second-order valence-electron chi connectivity index (χ2n) is 3.74. The van der Waals surface area contributed by atoms with Gasteiger partial charge in [0.05, 0.1) is 11.9 Å². The number of ether oxygens (including phenoxy) is 1. The fraction of sp³-hybridized carbons (Fsp3) is 0.455. The third-order valence-electron chi connectivity index (χ3n) is 1.99. The molecule has 0 heterocycles. The maximum absolute atomic E-state index is 11.4. The first-order valence-electron chi connectivity index (χ1n) is 5.10. The predicted molar refractivity (Wildman–Crippen MR) is 63.9 cm³/mol. The number of para-hydroxylation sites is 1. The van der Waals surface area contributed by atoms with Gasteiger partial charge < -0.3 is 4.74 Å². The lowest BCUT2D eigenvalue weighted by Gasteiger charge is -2.13. The quantitative estimate of drug-likeness (QED) is 0.853. The van der Waals surface area contributed by atoms with Gasteiger partial charge in [0.15, 0.2) is 0 Å². The zero-order valence-electron chi connectivity index (χ0n) is 9.73. The van der Waals surface area contributed by atoms with Crippen LogP contribution in [0.3, 0.4) is 0 Å². The average molecular weight is 243 g/mol. The van der Waals surface area contributed by atoms with Gasteiger partial charge in [-0.1, -0.05) is 18.2 Å². The summed E-state index contributed by atoms with van der Waals surface area (Å²) in [4.78, 5) is 0. The molecular formula is C11H17NO3S. The van der Waals surface area contributed by atoms with Crippen LogP contribution in [0.4, 0.5) is 0 Å². The molecular weight excluding hydrogens is 226 g/mol. The number of benzene rings is 1. The van der Waals surface area contributed by atoms with E-state index in [0.29, 0.717) is 11.3 Å². The Kier molecular flexibility index (Phi) is 4.32. The maximum atomic E-state index is 11.4. The topological polar surface area (TPSA) is 55.4 Å². The summed E-state index contributed by atoms with van der Waals surface area (Å²) >= 11 is 0. The van der Waals surface area contributed by atoms with Crippen molar-refractivity contribution in [3.63, 3.8) is 0 Å². The lowest BCUT2D eigenvalue weighted by molar-refractivity contribution is 0.240. The molecule has 0 bridgehead atoms. The molecule has 0 saturated heterocycles. The van der Waals surface area contributed by atoms with Crippen LogP contribution in [-0.4, -0.2) is 21.6 Å². The van der Waals surface area contributed by atoms with E-state index in [4.69, 9.17) is 4.74 Å². The summed E-state index contributed by atoms with van der Waals surface area (Å²) < 4.78 is 30.7. The number of nitrogens with one attached hydrogen (secondary N) is 1. The van der Waals surface area contributed by atoms with Gasteiger partial charge in [-0.15, -0.1) is 0 Å². The third kappa shape index (κ3) is 3.83. The molecule has 1 aromatic carbocycles. The van der Waals surface area contributed by atoms with Crippen LogP contribution in [0, 0.1) is 0 Å². The van der Waals surface area contributed by atoms with Crippen molar-refractivity contribution < 1.29 is 13.2 Å². The fourth-order valence-electron chi connectivity index (χ4n) is 1.27. The van der Waals surface area contributed by atoms with E-state index in [0.717, 1.165) is 0 Å². The van der Waals surface area contributed by atoms with E-state index in [2.05, 4.69) is 4.72 Å². The van der Waals surface area contributed by atoms with Crippen molar-refractivity contribution in [3.8, 4) is 5.75 Å². The van der Waals surface area contributed by atoms with Gasteiger partial charge in [-0.25, -0.2) is 13.1 Å². The molecule has 0 aromatic heterocycles. The van der Waals surface area contributed by atoms with E-state index in [1.54, 1.807) is 18.2 Å². The largest absolute Gasteiger partial charge is 0.491 e. The van der Waals surface area contributed by atoms with E-state index in [9.17, 15) is 8.42 Å². The van der Waals surface area contributed by atoms with Crippen molar-refractivity contribution in [3.05, 3.63) is 29.8 Å². The molecule has 0 aliphatic carbocycles. The average Bonchev–Trinajstić information content (AvgIpc) is 2.20. The molecule has 0 radical (unpaired) electrons. The molecule has 90 valence electrons. The van der Waals surface area contributed by atoms with E-state index in [-0.39, 0.29) is 11.9 Å². The third-order valence-corrected chi connectivity index (χ3v) is 3.30. The first-order valence-corrected chi connectivity index (χ1v) is 6.75. The van der Waals surface area contributed by atoms with Crippen LogP contribution in [0.5, 0.6) is 5.75 Å². The lowest BCUT2D eigenvalue weighted by atomic mass is 10.2. The van der Waals surface area contributed by atoms with Crippen molar-refractivity contribution in [1.82, 2.24) is 4.72 Å². The van der Waals surface area contributed by atoms with Crippen molar-refractivity contribution in [2.75, 3.05) is 7.05 Å². The van der Waals surface area contributed by atoms with Crippen molar-refractivity contribution in [1.29, 1.82) is 0 Å². The summed E-state index contributed by atoms with van der Waals surface area (Å²) in [6.07, 6.45) is 0.0263. The summed E-state index contributed by atoms with van der Waals surface area (Å²) in [7, 11) is -1.86. The second kappa shape index (κ2) is 5.32. The number of sulfonamides is 1. The molecule has 1 N–H and O–H groups in total. The van der Waals surface area contributed by atoms with E-state index in [1.807, 2.05) is 19.9 Å². The summed E-state index contributed by atoms with van der Waals surface area (Å²) in [5.74, 6) is 0.558. The highest BCUT2D eigenvalue weighted by molar-refractivity contribution is 7.88. The number of rotatable bonds is 5. The van der Waals surface area contributed by atoms with Gasteiger partial charge in [0.2, 0.25) is 10.0 Å². The number of hydrogen-bond acceptors (Lipinski definition) is 3. The second-order valence-corrected chi connectivity index (χ2v) is 5.66. The highest BCUT2D eigenvalue weighted by Crippen LogP contribution is 2.21. The molecule has 16 heavy (non-hydrogen) atoms. The van der Waals surface area contributed by atoms with Crippen LogP contribution >= 0.6 is 0 Å². The SMILES string of the molecule is CNS(=O)(=O)Cc1ccccc1OC(C)C. The monoisotopic (exact) mass is 243 g/mol. The molecule has 0 spiro atoms. The molecule has 4 nitrogen and oxygen atoms in total. The molecule has 0 fully saturated rings. The zero-order chi connectivity index (χ0) is 12.2. The van der Waals surface area contributed by atoms with Gasteiger partial charge in [0.25, 0.3) is 0 Å². The minimum absolute atomic E-state index is 0.0263. The van der Waals surface area contributed by atoms with Crippen LogP contribution in [0.2, 0.25) is 0 Å². The first kappa shape index (κ1) is 13.0. The van der Waals surface area contributed by atoms with Gasteiger partial charge >= 0.3 is 0 Å². The van der Waals surface area contributed by atoms with Crippen molar-refractivity contribution in [2.45, 2.75) is 25.7 Å². The predicted octanol–water partition coefficient (Wildman–Crippen LogP) is 1.52. The molecule has 0 amide bonds. The van der Waals surface area contributed by atoms with E-state index < -0.39 is 10.0 Å². The van der Waals surface area contributed by atoms with Crippen LogP contribution in [0.1, 0.15) is 19.4 Å². The Morgan fingerprint density at radius 3 is 2.50 bits per heavy atom. The first-order chi connectivity index (χ1) is 7.44. The smallest absolute Gasteiger partial charge is 0.215 e. The number of hydrogen-bond donors (Lipinski definition) is 1. The summed E-state index contributed by atoms with van der Waals surface area (Å²) in [6.45, 7) is 3.81. The Morgan fingerprint density at radius 1 is 1.31 bits per heavy atom. The van der Waals surface area contributed by atoms with Crippen LogP contribution < -0.4 is 9.46 Å². The molecule has 0 aliphatic rings. The molecule has 0 aliphatic heterocycles. The Balaban J connectivity index is 2.95. The minimum Gasteiger partial charge on any atom is -0.491 e. The molecule has 5 heteroatoms. The fourth-order valence-corrected chi connectivity index (χ4v) is 2.06. The molecule has 0 unspecified atom stereocenters. The van der Waals surface area contributed by atoms with Crippen LogP contribution in [0.25, 0.3) is 0 Å². The molecule has 1 aromatic rings.